The Kier molecular flexibility index (Phi) is 9.97. The van der Waals surface area contributed by atoms with E-state index in [9.17, 15) is 22.8 Å². The third-order valence-corrected chi connectivity index (χ3v) is 8.41. The number of sulfonamides is 1. The monoisotopic (exact) mass is 552 g/mol. The lowest BCUT2D eigenvalue weighted by molar-refractivity contribution is -0.140. The summed E-state index contributed by atoms with van der Waals surface area (Å²) in [6.45, 7) is 4.66. The Bertz CT molecular complexity index is 1480. The number of esters is 2. The van der Waals surface area contributed by atoms with Crippen LogP contribution in [0.3, 0.4) is 0 Å². The first-order chi connectivity index (χ1) is 18.6. The number of ether oxygens (including phenoxy) is 2. The summed E-state index contributed by atoms with van der Waals surface area (Å²) in [5, 5.41) is -1.20. The number of nitrogens with zero attached hydrogens (tertiary/aromatic N) is 2. The molecule has 0 aliphatic heterocycles. The first-order valence-corrected chi connectivity index (χ1v) is 13.7. The Balaban J connectivity index is 2.13. The van der Waals surface area contributed by atoms with Gasteiger partial charge in [-0.2, -0.15) is 4.31 Å². The number of benzene rings is 2. The summed E-state index contributed by atoms with van der Waals surface area (Å²) in [5.41, 5.74) is 2.03. The second-order valence-corrected chi connectivity index (χ2v) is 10.9. The lowest BCUT2D eigenvalue weighted by Crippen LogP contribution is -2.40. The number of methoxy groups -OCH3 is 2. The average molecular weight is 553 g/mol. The summed E-state index contributed by atoms with van der Waals surface area (Å²) in [4.78, 5) is 38.1. The lowest BCUT2D eigenvalue weighted by Gasteiger charge is -2.27. The van der Waals surface area contributed by atoms with Gasteiger partial charge < -0.3 is 14.0 Å². The minimum atomic E-state index is -4.28. The van der Waals surface area contributed by atoms with E-state index in [1.807, 2.05) is 37.3 Å². The predicted molar refractivity (Wildman–Crippen MR) is 148 cm³/mol. The van der Waals surface area contributed by atoms with Crippen LogP contribution in [0.25, 0.3) is 0 Å². The van der Waals surface area contributed by atoms with Crippen LogP contribution in [0.15, 0.2) is 84.2 Å². The Morgan fingerprint density at radius 3 is 2.26 bits per heavy atom. The Labute approximate surface area is 228 Å². The van der Waals surface area contributed by atoms with E-state index in [0.29, 0.717) is 12.0 Å². The van der Waals surface area contributed by atoms with Gasteiger partial charge in [-0.15, -0.1) is 6.58 Å². The molecule has 0 saturated heterocycles. The molecule has 0 bridgehead atoms. The highest BCUT2D eigenvalue weighted by atomic mass is 32.2. The molecule has 3 rings (SSSR count). The van der Waals surface area contributed by atoms with E-state index in [1.165, 1.54) is 29.9 Å². The molecule has 10 heteroatoms. The van der Waals surface area contributed by atoms with E-state index in [-0.39, 0.29) is 17.8 Å². The zero-order valence-corrected chi connectivity index (χ0v) is 23.0. The zero-order chi connectivity index (χ0) is 28.6. The van der Waals surface area contributed by atoms with E-state index in [1.54, 1.807) is 24.3 Å². The number of carbonyl (C=O) groups excluding carboxylic acids is 2. The topological polar surface area (TPSA) is 112 Å². The maximum atomic E-state index is 14.0. The van der Waals surface area contributed by atoms with Crippen molar-refractivity contribution >= 4 is 22.0 Å². The van der Waals surface area contributed by atoms with Crippen LogP contribution in [0, 0.1) is 6.92 Å². The first-order valence-electron chi connectivity index (χ1n) is 12.2. The molecule has 0 amide bonds. The number of hydrogen-bond donors (Lipinski definition) is 0. The van der Waals surface area contributed by atoms with Crippen molar-refractivity contribution in [2.75, 3.05) is 20.8 Å². The Hall–Kier alpha value is -4.02. The third kappa shape index (κ3) is 7.10. The highest BCUT2D eigenvalue weighted by Gasteiger charge is 2.35. The average Bonchev–Trinajstić information content (AvgIpc) is 2.93. The number of carbonyl (C=O) groups is 2. The van der Waals surface area contributed by atoms with Gasteiger partial charge in [0.2, 0.25) is 10.0 Å². The van der Waals surface area contributed by atoms with Crippen molar-refractivity contribution < 1.29 is 27.5 Å². The minimum absolute atomic E-state index is 0.0146. The van der Waals surface area contributed by atoms with Crippen LogP contribution in [0.4, 0.5) is 0 Å². The summed E-state index contributed by atoms with van der Waals surface area (Å²) in [6, 6.07) is 18.9. The van der Waals surface area contributed by atoms with Crippen molar-refractivity contribution in [1.29, 1.82) is 0 Å². The molecule has 3 aromatic rings. The smallest absolute Gasteiger partial charge is 0.339 e. The van der Waals surface area contributed by atoms with Crippen LogP contribution < -0.4 is 5.56 Å². The highest BCUT2D eigenvalue weighted by Crippen LogP contribution is 2.29. The van der Waals surface area contributed by atoms with Crippen molar-refractivity contribution in [2.24, 2.45) is 0 Å². The summed E-state index contributed by atoms with van der Waals surface area (Å²) < 4.78 is 39.9. The van der Waals surface area contributed by atoms with Crippen LogP contribution in [0.2, 0.25) is 0 Å². The van der Waals surface area contributed by atoms with Gasteiger partial charge in [0, 0.05) is 12.6 Å². The van der Waals surface area contributed by atoms with Gasteiger partial charge in [-0.1, -0.05) is 66.2 Å². The molecule has 1 unspecified atom stereocenters. The largest absolute Gasteiger partial charge is 0.468 e. The van der Waals surface area contributed by atoms with Crippen LogP contribution in [-0.2, 0) is 43.8 Å². The summed E-state index contributed by atoms with van der Waals surface area (Å²) in [7, 11) is -1.94. The van der Waals surface area contributed by atoms with Gasteiger partial charge in [0.05, 0.1) is 32.0 Å². The van der Waals surface area contributed by atoms with E-state index in [0.717, 1.165) is 22.5 Å². The molecule has 39 heavy (non-hydrogen) atoms. The minimum Gasteiger partial charge on any atom is -0.468 e. The SMILES string of the molecule is C=CC(c1ccc(C)cc1)S(=O)(=O)N(CC(=O)OC)Cc1c(C(=O)OC)ccc(=O)n1CCc1ccccc1. The number of pyridine rings is 1. The second-order valence-electron chi connectivity index (χ2n) is 8.87. The fourth-order valence-corrected chi connectivity index (χ4v) is 5.83. The molecular formula is C29H32N2O7S. The quantitative estimate of drug-likeness (QED) is 0.250. The predicted octanol–water partition coefficient (Wildman–Crippen LogP) is 3.42. The summed E-state index contributed by atoms with van der Waals surface area (Å²) in [6.07, 6.45) is 1.72. The Morgan fingerprint density at radius 2 is 1.67 bits per heavy atom. The standard InChI is InChI=1S/C29H32N2O7S/c1-5-26(23-13-11-21(2)12-14-23)39(35,36)30(20-28(33)37-3)19-25-24(29(34)38-4)15-16-27(32)31(25)18-17-22-9-7-6-8-10-22/h5-16,26H,1,17-20H2,2-4H3. The van der Waals surface area contributed by atoms with E-state index < -0.39 is 45.9 Å². The van der Waals surface area contributed by atoms with Crippen LogP contribution in [0.5, 0.6) is 0 Å². The van der Waals surface area contributed by atoms with Crippen LogP contribution >= 0.6 is 0 Å². The molecule has 9 nitrogen and oxygen atoms in total. The molecule has 1 heterocycles. The first kappa shape index (κ1) is 29.5. The molecular weight excluding hydrogens is 520 g/mol. The molecule has 0 spiro atoms. The maximum absolute atomic E-state index is 14.0. The number of aryl methyl sites for hydroxylation is 2. The molecule has 1 atom stereocenters. The number of hydrogen-bond acceptors (Lipinski definition) is 7. The molecule has 0 fully saturated rings. The lowest BCUT2D eigenvalue weighted by atomic mass is 10.1. The van der Waals surface area contributed by atoms with Crippen molar-refractivity contribution in [1.82, 2.24) is 8.87 Å². The number of aromatic nitrogens is 1. The highest BCUT2D eigenvalue weighted by molar-refractivity contribution is 7.89. The van der Waals surface area contributed by atoms with E-state index in [2.05, 4.69) is 6.58 Å². The normalized spacial score (nSPS) is 12.1. The fourth-order valence-electron chi connectivity index (χ4n) is 4.17. The molecule has 0 N–H and O–H groups in total. The van der Waals surface area contributed by atoms with Gasteiger partial charge in [-0.3, -0.25) is 9.59 Å². The summed E-state index contributed by atoms with van der Waals surface area (Å²) in [5.74, 6) is -1.55. The zero-order valence-electron chi connectivity index (χ0n) is 22.2. The van der Waals surface area contributed by atoms with Crippen LogP contribution in [-0.4, -0.2) is 50.0 Å². The van der Waals surface area contributed by atoms with Gasteiger partial charge in [0.1, 0.15) is 11.8 Å². The van der Waals surface area contributed by atoms with Crippen molar-refractivity contribution in [3.63, 3.8) is 0 Å². The molecule has 0 aliphatic carbocycles. The molecule has 0 saturated carbocycles. The van der Waals surface area contributed by atoms with Gasteiger partial charge in [0.15, 0.2) is 0 Å². The van der Waals surface area contributed by atoms with E-state index in [4.69, 9.17) is 9.47 Å². The molecule has 206 valence electrons. The maximum Gasteiger partial charge on any atom is 0.339 e. The van der Waals surface area contributed by atoms with Crippen molar-refractivity contribution in [3.8, 4) is 0 Å². The third-order valence-electron chi connectivity index (χ3n) is 6.33. The van der Waals surface area contributed by atoms with E-state index >= 15 is 0 Å². The second kappa shape index (κ2) is 13.2. The molecule has 0 aliphatic rings. The molecule has 1 aromatic heterocycles. The van der Waals surface area contributed by atoms with Crippen LogP contribution in [0.1, 0.15) is 38.0 Å². The van der Waals surface area contributed by atoms with Crippen molar-refractivity contribution in [2.45, 2.75) is 31.7 Å². The van der Waals surface area contributed by atoms with Gasteiger partial charge in [0.25, 0.3) is 5.56 Å². The van der Waals surface area contributed by atoms with Gasteiger partial charge in [-0.25, -0.2) is 13.2 Å². The van der Waals surface area contributed by atoms with Gasteiger partial charge >= 0.3 is 11.9 Å². The summed E-state index contributed by atoms with van der Waals surface area (Å²) >= 11 is 0. The van der Waals surface area contributed by atoms with Crippen molar-refractivity contribution in [3.05, 3.63) is 118 Å². The number of rotatable bonds is 12. The Morgan fingerprint density at radius 1 is 1.00 bits per heavy atom. The molecule has 2 aromatic carbocycles. The fraction of sp³-hybridized carbons (Fsp3) is 0.276. The molecule has 0 radical (unpaired) electrons. The van der Waals surface area contributed by atoms with Gasteiger partial charge in [-0.05, 0) is 30.5 Å².